The molecule has 2 aliphatic rings. The normalized spacial score (nSPS) is 26.9. The molecule has 2 atom stereocenters. The minimum Gasteiger partial charge on any atom is -0.341 e. The standard InChI is InChI=1S/C17H23ClN2O.ClH/c1-20(11-13-6-2-3-8-15(13)18)16(21)17-9-5-4-7-14(17)10-19-12-17;/h2-3,6,8,14,19H,4-5,7,9-12H2,1H3;1H/t14-,17+;/m0./s1. The number of nitrogens with zero attached hydrogens (tertiary/aromatic N) is 1. The molecule has 0 radical (unpaired) electrons. The lowest BCUT2D eigenvalue weighted by molar-refractivity contribution is -0.144. The Morgan fingerprint density at radius 2 is 2.18 bits per heavy atom. The maximum Gasteiger partial charge on any atom is 0.230 e. The van der Waals surface area contributed by atoms with Crippen molar-refractivity contribution in [2.45, 2.75) is 32.2 Å². The number of rotatable bonds is 3. The van der Waals surface area contributed by atoms with Crippen molar-refractivity contribution < 1.29 is 4.79 Å². The third-order valence-electron chi connectivity index (χ3n) is 5.18. The van der Waals surface area contributed by atoms with E-state index >= 15 is 0 Å². The molecule has 1 saturated heterocycles. The molecule has 122 valence electrons. The molecule has 1 aliphatic heterocycles. The number of nitrogens with one attached hydrogen (secondary N) is 1. The van der Waals surface area contributed by atoms with Crippen LogP contribution in [0.4, 0.5) is 0 Å². The average molecular weight is 343 g/mol. The predicted octanol–water partition coefficient (Wildman–Crippen LogP) is 3.50. The van der Waals surface area contributed by atoms with Crippen LogP contribution in [0.2, 0.25) is 5.02 Å². The Hall–Kier alpha value is -0.770. The molecule has 1 heterocycles. The highest BCUT2D eigenvalue weighted by Gasteiger charge is 2.50. The van der Waals surface area contributed by atoms with E-state index in [-0.39, 0.29) is 23.7 Å². The van der Waals surface area contributed by atoms with Crippen LogP contribution in [0.15, 0.2) is 24.3 Å². The quantitative estimate of drug-likeness (QED) is 0.911. The fourth-order valence-corrected chi connectivity index (χ4v) is 4.20. The zero-order valence-electron chi connectivity index (χ0n) is 13.0. The molecule has 22 heavy (non-hydrogen) atoms. The number of hydrogen-bond donors (Lipinski definition) is 1. The van der Waals surface area contributed by atoms with Crippen molar-refractivity contribution in [1.29, 1.82) is 0 Å². The van der Waals surface area contributed by atoms with E-state index in [0.29, 0.717) is 12.5 Å². The van der Waals surface area contributed by atoms with E-state index in [4.69, 9.17) is 11.6 Å². The Morgan fingerprint density at radius 3 is 2.95 bits per heavy atom. The van der Waals surface area contributed by atoms with Gasteiger partial charge in [0.2, 0.25) is 5.91 Å². The molecular formula is C17H24Cl2N2O. The Balaban J connectivity index is 0.00000176. The van der Waals surface area contributed by atoms with Crippen LogP contribution in [0.1, 0.15) is 31.2 Å². The van der Waals surface area contributed by atoms with Crippen molar-refractivity contribution in [3.05, 3.63) is 34.9 Å². The summed E-state index contributed by atoms with van der Waals surface area (Å²) < 4.78 is 0. The number of fused-ring (bicyclic) bond motifs is 1. The summed E-state index contributed by atoms with van der Waals surface area (Å²) in [6.07, 6.45) is 4.63. The van der Waals surface area contributed by atoms with Crippen LogP contribution in [-0.4, -0.2) is 30.9 Å². The van der Waals surface area contributed by atoms with Crippen LogP contribution < -0.4 is 5.32 Å². The zero-order chi connectivity index (χ0) is 14.9. The van der Waals surface area contributed by atoms with Gasteiger partial charge in [-0.25, -0.2) is 0 Å². The molecule has 1 N–H and O–H groups in total. The van der Waals surface area contributed by atoms with E-state index < -0.39 is 0 Å². The number of benzene rings is 1. The number of amides is 1. The molecule has 1 aromatic rings. The first kappa shape index (κ1) is 17.6. The molecular weight excluding hydrogens is 319 g/mol. The second-order valence-corrected chi connectivity index (χ2v) is 6.89. The second kappa shape index (κ2) is 7.20. The summed E-state index contributed by atoms with van der Waals surface area (Å²) in [7, 11) is 1.91. The van der Waals surface area contributed by atoms with Crippen LogP contribution in [0.3, 0.4) is 0 Å². The molecule has 3 nitrogen and oxygen atoms in total. The van der Waals surface area contributed by atoms with Gasteiger partial charge in [0.25, 0.3) is 0 Å². The Kier molecular flexibility index (Phi) is 5.76. The van der Waals surface area contributed by atoms with E-state index in [1.54, 1.807) is 0 Å². The molecule has 1 amide bonds. The third-order valence-corrected chi connectivity index (χ3v) is 5.54. The first-order chi connectivity index (χ1) is 10.1. The van der Waals surface area contributed by atoms with Crippen molar-refractivity contribution >= 4 is 29.9 Å². The topological polar surface area (TPSA) is 32.3 Å². The smallest absolute Gasteiger partial charge is 0.230 e. The Bertz CT molecular complexity index is 537. The number of carbonyl (C=O) groups excluding carboxylic acids is 1. The van der Waals surface area contributed by atoms with Crippen LogP contribution in [-0.2, 0) is 11.3 Å². The van der Waals surface area contributed by atoms with Crippen molar-refractivity contribution in [3.8, 4) is 0 Å². The Labute approximate surface area is 143 Å². The van der Waals surface area contributed by atoms with Gasteiger partial charge in [0.1, 0.15) is 0 Å². The molecule has 5 heteroatoms. The van der Waals surface area contributed by atoms with Crippen molar-refractivity contribution in [1.82, 2.24) is 10.2 Å². The van der Waals surface area contributed by atoms with E-state index in [1.807, 2.05) is 36.2 Å². The molecule has 1 saturated carbocycles. The molecule has 0 unspecified atom stereocenters. The fraction of sp³-hybridized carbons (Fsp3) is 0.588. The third kappa shape index (κ3) is 3.12. The maximum absolute atomic E-state index is 13.1. The van der Waals surface area contributed by atoms with Gasteiger partial charge in [-0.3, -0.25) is 4.79 Å². The SMILES string of the molecule is CN(Cc1ccccc1Cl)C(=O)[C@@]12CCCC[C@H]1CNC2.Cl. The minimum absolute atomic E-state index is 0. The largest absolute Gasteiger partial charge is 0.341 e. The predicted molar refractivity (Wildman–Crippen MR) is 92.4 cm³/mol. The summed E-state index contributed by atoms with van der Waals surface area (Å²) in [5.41, 5.74) is 0.846. The lowest BCUT2D eigenvalue weighted by atomic mass is 9.67. The summed E-state index contributed by atoms with van der Waals surface area (Å²) in [4.78, 5) is 14.9. The highest BCUT2D eigenvalue weighted by atomic mass is 35.5. The van der Waals surface area contributed by atoms with Crippen molar-refractivity contribution in [3.63, 3.8) is 0 Å². The van der Waals surface area contributed by atoms with Crippen molar-refractivity contribution in [2.24, 2.45) is 11.3 Å². The molecule has 3 rings (SSSR count). The van der Waals surface area contributed by atoms with Crippen LogP contribution in [0, 0.1) is 11.3 Å². The maximum atomic E-state index is 13.1. The van der Waals surface area contributed by atoms with Gasteiger partial charge in [0.15, 0.2) is 0 Å². The number of carbonyl (C=O) groups is 1. The van der Waals surface area contributed by atoms with Gasteiger partial charge in [-0.15, -0.1) is 12.4 Å². The first-order valence-corrected chi connectivity index (χ1v) is 8.21. The summed E-state index contributed by atoms with van der Waals surface area (Å²) >= 11 is 6.22. The summed E-state index contributed by atoms with van der Waals surface area (Å²) in [5.74, 6) is 0.796. The first-order valence-electron chi connectivity index (χ1n) is 7.83. The van der Waals surface area contributed by atoms with E-state index in [2.05, 4.69) is 5.32 Å². The van der Waals surface area contributed by atoms with Gasteiger partial charge in [0.05, 0.1) is 5.41 Å². The van der Waals surface area contributed by atoms with Gasteiger partial charge in [-0.05, 0) is 36.9 Å². The summed E-state index contributed by atoms with van der Waals surface area (Å²) in [6.45, 7) is 2.42. The fourth-order valence-electron chi connectivity index (χ4n) is 4.00. The monoisotopic (exact) mass is 342 g/mol. The molecule has 1 aliphatic carbocycles. The Morgan fingerprint density at radius 1 is 1.41 bits per heavy atom. The molecule has 2 fully saturated rings. The molecule has 1 aromatic carbocycles. The summed E-state index contributed by atoms with van der Waals surface area (Å²) in [5, 5.41) is 4.18. The molecule has 0 aromatic heterocycles. The van der Waals surface area contributed by atoms with Gasteiger partial charge in [-0.1, -0.05) is 42.6 Å². The number of hydrogen-bond acceptors (Lipinski definition) is 2. The van der Waals surface area contributed by atoms with E-state index in [1.165, 1.54) is 19.3 Å². The lowest BCUT2D eigenvalue weighted by Gasteiger charge is -2.39. The lowest BCUT2D eigenvalue weighted by Crippen LogP contribution is -2.48. The van der Waals surface area contributed by atoms with Crippen LogP contribution in [0.5, 0.6) is 0 Å². The van der Waals surface area contributed by atoms with Gasteiger partial charge in [-0.2, -0.15) is 0 Å². The van der Waals surface area contributed by atoms with Gasteiger partial charge < -0.3 is 10.2 Å². The van der Waals surface area contributed by atoms with Crippen molar-refractivity contribution in [2.75, 3.05) is 20.1 Å². The summed E-state index contributed by atoms with van der Waals surface area (Å²) in [6, 6.07) is 7.77. The second-order valence-electron chi connectivity index (χ2n) is 6.48. The highest BCUT2D eigenvalue weighted by Crippen LogP contribution is 2.45. The molecule has 0 spiro atoms. The molecule has 0 bridgehead atoms. The van der Waals surface area contributed by atoms with Gasteiger partial charge >= 0.3 is 0 Å². The van der Waals surface area contributed by atoms with Crippen LogP contribution in [0.25, 0.3) is 0 Å². The highest BCUT2D eigenvalue weighted by molar-refractivity contribution is 6.31. The van der Waals surface area contributed by atoms with Crippen LogP contribution >= 0.6 is 24.0 Å². The van der Waals surface area contributed by atoms with E-state index in [9.17, 15) is 4.79 Å². The zero-order valence-corrected chi connectivity index (χ0v) is 14.6. The van der Waals surface area contributed by atoms with Gasteiger partial charge in [0, 0.05) is 25.2 Å². The average Bonchev–Trinajstić information content (AvgIpc) is 2.93. The minimum atomic E-state index is -0.172. The number of halogens is 2. The van der Waals surface area contributed by atoms with E-state index in [0.717, 1.165) is 30.1 Å².